The first-order valence-electron chi connectivity index (χ1n) is 5.83. The van der Waals surface area contributed by atoms with Gasteiger partial charge in [0.1, 0.15) is 0 Å². The second-order valence-electron chi connectivity index (χ2n) is 4.21. The molecule has 0 aliphatic carbocycles. The number of aliphatic hydroxyl groups excluding tert-OH is 1. The van der Waals surface area contributed by atoms with Gasteiger partial charge in [-0.05, 0) is 39.2 Å². The molecule has 0 aliphatic rings. The first-order valence-corrected chi connectivity index (χ1v) is 5.83. The Hall–Kier alpha value is -0.830. The lowest BCUT2D eigenvalue weighted by Crippen LogP contribution is -2.15. The molecule has 2 unspecified atom stereocenters. The molecule has 0 aliphatic heterocycles. The summed E-state index contributed by atoms with van der Waals surface area (Å²) in [5.74, 6) is 0. The van der Waals surface area contributed by atoms with Gasteiger partial charge in [-0.3, -0.25) is 4.68 Å². The van der Waals surface area contributed by atoms with Crippen LogP contribution in [0.1, 0.15) is 51.5 Å². The standard InChI is InChI=1S/C12H22N2O/c1-5-11-8-12(6-2)14(13-11)9(3)7-10(4)15/h8-10,15H,5-7H2,1-4H3. The van der Waals surface area contributed by atoms with E-state index in [1.165, 1.54) is 5.69 Å². The second-order valence-corrected chi connectivity index (χ2v) is 4.21. The molecule has 1 rings (SSSR count). The van der Waals surface area contributed by atoms with Gasteiger partial charge in [-0.2, -0.15) is 5.10 Å². The summed E-state index contributed by atoms with van der Waals surface area (Å²) in [4.78, 5) is 0. The molecule has 0 spiro atoms. The highest BCUT2D eigenvalue weighted by Gasteiger charge is 2.13. The molecule has 0 amide bonds. The van der Waals surface area contributed by atoms with Crippen LogP contribution in [-0.4, -0.2) is 21.0 Å². The summed E-state index contributed by atoms with van der Waals surface area (Å²) in [6, 6.07) is 2.44. The molecule has 0 bridgehead atoms. The number of nitrogens with zero attached hydrogens (tertiary/aromatic N) is 2. The number of hydrogen-bond donors (Lipinski definition) is 1. The second kappa shape index (κ2) is 5.31. The van der Waals surface area contributed by atoms with Gasteiger partial charge in [0.15, 0.2) is 0 Å². The van der Waals surface area contributed by atoms with E-state index in [-0.39, 0.29) is 12.1 Å². The van der Waals surface area contributed by atoms with Crippen molar-refractivity contribution in [3.05, 3.63) is 17.5 Å². The number of aryl methyl sites for hydroxylation is 2. The predicted molar refractivity (Wildman–Crippen MR) is 62.0 cm³/mol. The van der Waals surface area contributed by atoms with Crippen LogP contribution in [0.4, 0.5) is 0 Å². The van der Waals surface area contributed by atoms with E-state index in [1.807, 2.05) is 6.92 Å². The Morgan fingerprint density at radius 1 is 1.33 bits per heavy atom. The van der Waals surface area contributed by atoms with Gasteiger partial charge in [-0.1, -0.05) is 13.8 Å². The third-order valence-corrected chi connectivity index (χ3v) is 2.69. The zero-order valence-corrected chi connectivity index (χ0v) is 10.2. The highest BCUT2D eigenvalue weighted by molar-refractivity contribution is 5.11. The van der Waals surface area contributed by atoms with E-state index in [9.17, 15) is 5.11 Å². The van der Waals surface area contributed by atoms with E-state index in [1.54, 1.807) is 0 Å². The molecular formula is C12H22N2O. The number of aromatic nitrogens is 2. The molecule has 86 valence electrons. The van der Waals surface area contributed by atoms with E-state index in [0.29, 0.717) is 0 Å². The smallest absolute Gasteiger partial charge is 0.0624 e. The van der Waals surface area contributed by atoms with Crippen molar-refractivity contribution in [3.63, 3.8) is 0 Å². The third-order valence-electron chi connectivity index (χ3n) is 2.69. The van der Waals surface area contributed by atoms with Crippen LogP contribution in [0, 0.1) is 0 Å². The summed E-state index contributed by atoms with van der Waals surface area (Å²) in [5, 5.41) is 13.9. The maximum atomic E-state index is 9.37. The van der Waals surface area contributed by atoms with Gasteiger partial charge in [0, 0.05) is 5.69 Å². The predicted octanol–water partition coefficient (Wildman–Crippen LogP) is 2.34. The Morgan fingerprint density at radius 3 is 2.47 bits per heavy atom. The fraction of sp³-hybridized carbons (Fsp3) is 0.750. The first-order chi connectivity index (χ1) is 7.08. The molecule has 2 atom stereocenters. The van der Waals surface area contributed by atoms with Crippen molar-refractivity contribution >= 4 is 0 Å². The maximum Gasteiger partial charge on any atom is 0.0624 e. The maximum absolute atomic E-state index is 9.37. The molecule has 3 heteroatoms. The molecule has 0 fully saturated rings. The summed E-state index contributed by atoms with van der Waals surface area (Å²) < 4.78 is 2.06. The normalized spacial score (nSPS) is 15.3. The van der Waals surface area contributed by atoms with E-state index < -0.39 is 0 Å². The average Bonchev–Trinajstić information content (AvgIpc) is 2.59. The average molecular weight is 210 g/mol. The van der Waals surface area contributed by atoms with Crippen molar-refractivity contribution in [1.29, 1.82) is 0 Å². The summed E-state index contributed by atoms with van der Waals surface area (Å²) >= 11 is 0. The Bertz CT molecular complexity index is 305. The van der Waals surface area contributed by atoms with Crippen molar-refractivity contribution in [3.8, 4) is 0 Å². The highest BCUT2D eigenvalue weighted by atomic mass is 16.3. The van der Waals surface area contributed by atoms with Gasteiger partial charge in [0.2, 0.25) is 0 Å². The fourth-order valence-electron chi connectivity index (χ4n) is 1.90. The van der Waals surface area contributed by atoms with Crippen LogP contribution in [-0.2, 0) is 12.8 Å². The summed E-state index contributed by atoms with van der Waals surface area (Å²) in [7, 11) is 0. The van der Waals surface area contributed by atoms with E-state index in [0.717, 1.165) is 25.0 Å². The van der Waals surface area contributed by atoms with Crippen molar-refractivity contribution < 1.29 is 5.11 Å². The van der Waals surface area contributed by atoms with Crippen LogP contribution in [0.25, 0.3) is 0 Å². The van der Waals surface area contributed by atoms with Crippen molar-refractivity contribution in [1.82, 2.24) is 9.78 Å². The highest BCUT2D eigenvalue weighted by Crippen LogP contribution is 2.17. The molecule has 0 radical (unpaired) electrons. The Balaban J connectivity index is 2.86. The van der Waals surface area contributed by atoms with Crippen LogP contribution < -0.4 is 0 Å². The fourth-order valence-corrected chi connectivity index (χ4v) is 1.90. The molecule has 0 saturated heterocycles. The lowest BCUT2D eigenvalue weighted by Gasteiger charge is -2.16. The molecule has 0 aromatic carbocycles. The minimum atomic E-state index is -0.265. The SMILES string of the molecule is CCc1cc(CC)n(C(C)CC(C)O)n1. The van der Waals surface area contributed by atoms with Crippen molar-refractivity contribution in [2.45, 2.75) is 59.1 Å². The summed E-state index contributed by atoms with van der Waals surface area (Å²) in [5.41, 5.74) is 2.41. The largest absolute Gasteiger partial charge is 0.393 e. The Morgan fingerprint density at radius 2 is 2.00 bits per heavy atom. The number of rotatable bonds is 5. The third kappa shape index (κ3) is 3.06. The molecule has 0 saturated carbocycles. The van der Waals surface area contributed by atoms with Gasteiger partial charge in [-0.25, -0.2) is 0 Å². The van der Waals surface area contributed by atoms with Gasteiger partial charge in [0.25, 0.3) is 0 Å². The zero-order chi connectivity index (χ0) is 11.4. The zero-order valence-electron chi connectivity index (χ0n) is 10.2. The lowest BCUT2D eigenvalue weighted by atomic mass is 10.1. The van der Waals surface area contributed by atoms with Crippen LogP contribution in [0.5, 0.6) is 0 Å². The Kier molecular flexibility index (Phi) is 4.33. The van der Waals surface area contributed by atoms with Gasteiger partial charge in [0.05, 0.1) is 17.8 Å². The van der Waals surface area contributed by atoms with Gasteiger partial charge < -0.3 is 5.11 Å². The molecular weight excluding hydrogens is 188 g/mol. The minimum Gasteiger partial charge on any atom is -0.393 e. The minimum absolute atomic E-state index is 0.265. The molecule has 1 aromatic heterocycles. The first kappa shape index (κ1) is 12.2. The number of aliphatic hydroxyl groups is 1. The molecule has 15 heavy (non-hydrogen) atoms. The number of hydrogen-bond acceptors (Lipinski definition) is 2. The van der Waals surface area contributed by atoms with E-state index in [2.05, 4.69) is 36.6 Å². The van der Waals surface area contributed by atoms with Crippen molar-refractivity contribution in [2.75, 3.05) is 0 Å². The summed E-state index contributed by atoms with van der Waals surface area (Å²) in [6.45, 7) is 8.19. The van der Waals surface area contributed by atoms with Crippen LogP contribution in [0.3, 0.4) is 0 Å². The van der Waals surface area contributed by atoms with E-state index in [4.69, 9.17) is 0 Å². The van der Waals surface area contributed by atoms with Crippen molar-refractivity contribution in [2.24, 2.45) is 0 Å². The monoisotopic (exact) mass is 210 g/mol. The molecule has 3 nitrogen and oxygen atoms in total. The van der Waals surface area contributed by atoms with Crippen LogP contribution in [0.2, 0.25) is 0 Å². The van der Waals surface area contributed by atoms with Crippen LogP contribution in [0.15, 0.2) is 6.07 Å². The van der Waals surface area contributed by atoms with Gasteiger partial charge in [-0.15, -0.1) is 0 Å². The van der Waals surface area contributed by atoms with Crippen LogP contribution >= 0.6 is 0 Å². The van der Waals surface area contributed by atoms with Gasteiger partial charge >= 0.3 is 0 Å². The lowest BCUT2D eigenvalue weighted by molar-refractivity contribution is 0.161. The summed E-state index contributed by atoms with van der Waals surface area (Å²) in [6.07, 6.45) is 2.47. The quantitative estimate of drug-likeness (QED) is 0.810. The molecule has 1 aromatic rings. The molecule has 1 N–H and O–H groups in total. The van der Waals surface area contributed by atoms with E-state index >= 15 is 0 Å². The Labute approximate surface area is 92.1 Å². The topological polar surface area (TPSA) is 38.0 Å². The molecule has 1 heterocycles.